The largest absolute Gasteiger partial charge is 0.481 e. The van der Waals surface area contributed by atoms with E-state index >= 15 is 0 Å². The monoisotopic (exact) mass is 931 g/mol. The first kappa shape index (κ1) is 53.7. The zero-order chi connectivity index (χ0) is 49.8. The van der Waals surface area contributed by atoms with Crippen molar-refractivity contribution in [1.29, 1.82) is 0 Å². The lowest BCUT2D eigenvalue weighted by Gasteiger charge is -2.28. The predicted molar refractivity (Wildman–Crippen MR) is 239 cm³/mol. The first-order valence-corrected chi connectivity index (χ1v) is 21.3. The number of aliphatic carboxylic acids is 3. The Morgan fingerprint density at radius 1 is 0.448 bits per heavy atom. The molecule has 0 fully saturated rings. The van der Waals surface area contributed by atoms with Crippen molar-refractivity contribution >= 4 is 59.3 Å². The van der Waals surface area contributed by atoms with Crippen LogP contribution in [0.3, 0.4) is 0 Å². The van der Waals surface area contributed by atoms with Gasteiger partial charge in [-0.05, 0) is 49.4 Å². The van der Waals surface area contributed by atoms with E-state index in [2.05, 4.69) is 37.2 Å². The third kappa shape index (κ3) is 18.4. The molecular weight excluding hydrogens is 875 g/mol. The van der Waals surface area contributed by atoms with Crippen LogP contribution in [0, 0.1) is 5.92 Å². The van der Waals surface area contributed by atoms with Gasteiger partial charge in [0.15, 0.2) is 0 Å². The summed E-state index contributed by atoms with van der Waals surface area (Å²) >= 11 is 0. The highest BCUT2D eigenvalue weighted by molar-refractivity contribution is 6.00. The molecule has 0 unspecified atom stereocenters. The van der Waals surface area contributed by atoms with Crippen LogP contribution < -0.4 is 37.2 Å². The Morgan fingerprint density at radius 2 is 0.851 bits per heavy atom. The summed E-state index contributed by atoms with van der Waals surface area (Å²) < 4.78 is 0. The molecule has 360 valence electrons. The van der Waals surface area contributed by atoms with Gasteiger partial charge in [-0.1, -0.05) is 92.7 Å². The number of aliphatic hydroxyl groups excluding tert-OH is 1. The number of carbonyl (C=O) groups excluding carboxylic acids is 7. The van der Waals surface area contributed by atoms with E-state index < -0.39 is 120 Å². The van der Waals surface area contributed by atoms with E-state index in [-0.39, 0.29) is 30.7 Å². The highest BCUT2D eigenvalue weighted by atomic mass is 16.4. The van der Waals surface area contributed by atoms with Crippen molar-refractivity contribution in [3.8, 4) is 0 Å². The van der Waals surface area contributed by atoms with Gasteiger partial charge in [0.1, 0.15) is 42.3 Å². The molecule has 3 aromatic carbocycles. The number of rotatable bonds is 26. The minimum absolute atomic E-state index is 0.00820. The summed E-state index contributed by atoms with van der Waals surface area (Å²) in [6.45, 7) is 5.70. The number of carboxylic acids is 3. The Labute approximate surface area is 385 Å². The van der Waals surface area contributed by atoms with Crippen molar-refractivity contribution < 1.29 is 68.4 Å². The van der Waals surface area contributed by atoms with Crippen LogP contribution in [0.2, 0.25) is 0 Å². The van der Waals surface area contributed by atoms with Crippen molar-refractivity contribution in [1.82, 2.24) is 37.2 Å². The fourth-order valence-corrected chi connectivity index (χ4v) is 6.55. The molecule has 67 heavy (non-hydrogen) atoms. The number of amides is 7. The van der Waals surface area contributed by atoms with Gasteiger partial charge >= 0.3 is 17.9 Å². The zero-order valence-electron chi connectivity index (χ0n) is 37.3. The summed E-state index contributed by atoms with van der Waals surface area (Å²) in [5, 5.41) is 55.9. The molecule has 0 bridgehead atoms. The average molecular weight is 932 g/mol. The quantitative estimate of drug-likeness (QED) is 0.0491. The lowest BCUT2D eigenvalue weighted by atomic mass is 10.0. The number of hydrogen-bond acceptors (Lipinski definition) is 11. The van der Waals surface area contributed by atoms with Crippen LogP contribution in [0.1, 0.15) is 68.4 Å². The summed E-state index contributed by atoms with van der Waals surface area (Å²) in [5.41, 5.74) is 1.45. The second-order valence-electron chi connectivity index (χ2n) is 16.1. The van der Waals surface area contributed by atoms with Crippen molar-refractivity contribution in [3.63, 3.8) is 0 Å². The van der Waals surface area contributed by atoms with E-state index in [0.717, 1.165) is 6.92 Å². The van der Waals surface area contributed by atoms with Gasteiger partial charge < -0.3 is 57.6 Å². The second kappa shape index (κ2) is 26.3. The standard InChI is InChI=1S/C46H57N7O14/c1-25(2)20-31(51-45(65)38(27(4)54)53-44(64)32(21-28-14-8-5-9-15-28)49-40(60)30-18-12-7-13-19-30)42(62)50-33(23-36(55)56)41(61)47-26(3)39(59)48-34(24-37(57)58)43(63)52-35(46(66)67)22-29-16-10-6-11-17-29/h5-19,25-27,31-35,38,54H,20-24H2,1-4H3,(H,47,61)(H,48,59)(H,49,60)(H,50,62)(H,51,65)(H,52,63)(H,53,64)(H,55,56)(H,57,58)(H,66,67)/t26-,27+,31-,32-,33-,34-,35-,38-/m0/s1. The van der Waals surface area contributed by atoms with Crippen LogP contribution in [-0.4, -0.2) is 128 Å². The van der Waals surface area contributed by atoms with Gasteiger partial charge in [0, 0.05) is 18.4 Å². The molecule has 0 saturated carbocycles. The van der Waals surface area contributed by atoms with Gasteiger partial charge in [-0.3, -0.25) is 43.2 Å². The molecule has 0 aliphatic rings. The minimum atomic E-state index is -1.88. The average Bonchev–Trinajstić information content (AvgIpc) is 3.27. The molecule has 3 rings (SSSR count). The Bertz CT molecular complexity index is 2210. The number of benzene rings is 3. The van der Waals surface area contributed by atoms with E-state index in [1.807, 2.05) is 0 Å². The van der Waals surface area contributed by atoms with Gasteiger partial charge in [0.2, 0.25) is 35.4 Å². The molecular formula is C46H57N7O14. The Kier molecular flexibility index (Phi) is 21.1. The third-order valence-electron chi connectivity index (χ3n) is 10.0. The zero-order valence-corrected chi connectivity index (χ0v) is 37.3. The highest BCUT2D eigenvalue weighted by Gasteiger charge is 2.36. The molecule has 0 aliphatic heterocycles. The molecule has 0 heterocycles. The van der Waals surface area contributed by atoms with Crippen LogP contribution in [0.15, 0.2) is 91.0 Å². The summed E-state index contributed by atoms with van der Waals surface area (Å²) in [7, 11) is 0. The molecule has 0 radical (unpaired) electrons. The number of carboxylic acid groups (broad SMARTS) is 3. The summed E-state index contributed by atoms with van der Waals surface area (Å²) in [6.07, 6.45) is -3.85. The van der Waals surface area contributed by atoms with Crippen LogP contribution in [0.25, 0.3) is 0 Å². The number of hydrogen-bond donors (Lipinski definition) is 11. The maximum atomic E-state index is 13.8. The van der Waals surface area contributed by atoms with E-state index in [1.54, 1.807) is 105 Å². The molecule has 8 atom stereocenters. The molecule has 11 N–H and O–H groups in total. The van der Waals surface area contributed by atoms with E-state index in [4.69, 9.17) is 0 Å². The van der Waals surface area contributed by atoms with Gasteiger partial charge in [0.05, 0.1) is 18.9 Å². The first-order valence-electron chi connectivity index (χ1n) is 21.3. The van der Waals surface area contributed by atoms with Crippen LogP contribution in [-0.2, 0) is 56.0 Å². The Morgan fingerprint density at radius 3 is 1.31 bits per heavy atom. The van der Waals surface area contributed by atoms with Crippen molar-refractivity contribution in [2.45, 2.75) is 108 Å². The molecule has 7 amide bonds. The summed E-state index contributed by atoms with van der Waals surface area (Å²) in [6, 6.07) is 13.7. The van der Waals surface area contributed by atoms with Crippen LogP contribution in [0.5, 0.6) is 0 Å². The molecule has 0 aliphatic carbocycles. The van der Waals surface area contributed by atoms with Gasteiger partial charge in [-0.25, -0.2) is 4.79 Å². The van der Waals surface area contributed by atoms with Gasteiger partial charge in [0.25, 0.3) is 5.91 Å². The fraction of sp³-hybridized carbons (Fsp3) is 0.391. The van der Waals surface area contributed by atoms with E-state index in [0.29, 0.717) is 11.1 Å². The second-order valence-corrected chi connectivity index (χ2v) is 16.1. The summed E-state index contributed by atoms with van der Waals surface area (Å²) in [4.78, 5) is 130. The van der Waals surface area contributed by atoms with E-state index in [1.165, 1.54) is 6.92 Å². The lowest BCUT2D eigenvalue weighted by Crippen LogP contribution is -2.61. The first-order chi connectivity index (χ1) is 31.6. The molecule has 0 aromatic heterocycles. The molecule has 21 nitrogen and oxygen atoms in total. The molecule has 0 saturated heterocycles. The summed E-state index contributed by atoms with van der Waals surface area (Å²) in [5.74, 6) is -11.9. The smallest absolute Gasteiger partial charge is 0.326 e. The van der Waals surface area contributed by atoms with Crippen LogP contribution >= 0.6 is 0 Å². The van der Waals surface area contributed by atoms with Crippen molar-refractivity contribution in [2.75, 3.05) is 0 Å². The van der Waals surface area contributed by atoms with Crippen molar-refractivity contribution in [2.24, 2.45) is 5.92 Å². The number of aliphatic hydroxyl groups is 1. The molecule has 3 aromatic rings. The normalized spacial score (nSPS) is 14.5. The van der Waals surface area contributed by atoms with Crippen LogP contribution in [0.4, 0.5) is 0 Å². The molecule has 0 spiro atoms. The maximum Gasteiger partial charge on any atom is 0.326 e. The predicted octanol–water partition coefficient (Wildman–Crippen LogP) is -0.340. The Balaban J connectivity index is 1.75. The SMILES string of the molecule is CC(C)C[C@H](NC(=O)[C@@H](NC(=O)[C@H](Cc1ccccc1)NC(=O)c1ccccc1)[C@@H](C)O)C(=O)N[C@@H](CC(=O)O)C(=O)N[C@@H](C)C(=O)N[C@@H](CC(=O)O)C(=O)N[C@@H](Cc1ccccc1)C(=O)O. The fourth-order valence-electron chi connectivity index (χ4n) is 6.55. The molecule has 21 heteroatoms. The Hall–Kier alpha value is -7.68. The van der Waals surface area contributed by atoms with Gasteiger partial charge in [-0.15, -0.1) is 0 Å². The van der Waals surface area contributed by atoms with E-state index in [9.17, 15) is 68.4 Å². The number of carbonyl (C=O) groups is 10. The minimum Gasteiger partial charge on any atom is -0.481 e. The number of nitrogens with one attached hydrogen (secondary N) is 7. The highest BCUT2D eigenvalue weighted by Crippen LogP contribution is 2.11. The van der Waals surface area contributed by atoms with Crippen molar-refractivity contribution in [3.05, 3.63) is 108 Å². The lowest BCUT2D eigenvalue weighted by molar-refractivity contribution is -0.143. The maximum absolute atomic E-state index is 13.8. The van der Waals surface area contributed by atoms with Gasteiger partial charge in [-0.2, -0.15) is 0 Å². The third-order valence-corrected chi connectivity index (χ3v) is 10.0. The topological polar surface area (TPSA) is 336 Å².